The van der Waals surface area contributed by atoms with Crippen LogP contribution >= 0.6 is 0 Å². The summed E-state index contributed by atoms with van der Waals surface area (Å²) in [7, 11) is 0. The molecule has 0 radical (unpaired) electrons. The van der Waals surface area contributed by atoms with Gasteiger partial charge in [-0.2, -0.15) is 0 Å². The number of amidine groups is 1. The Morgan fingerprint density at radius 3 is 2.86 bits per heavy atom. The molecule has 0 fully saturated rings. The number of carbonyl (C=O) groups is 1. The predicted octanol–water partition coefficient (Wildman–Crippen LogP) is 1.88. The van der Waals surface area contributed by atoms with Crippen molar-refractivity contribution in [1.82, 2.24) is 4.98 Å². The second-order valence-corrected chi connectivity index (χ2v) is 4.32. The monoisotopic (exact) mass is 284 g/mol. The number of aromatic nitrogens is 1. The first kappa shape index (κ1) is 14.5. The molecule has 0 atom stereocenters. The molecule has 0 aliphatic rings. The van der Waals surface area contributed by atoms with Crippen molar-refractivity contribution in [2.75, 3.05) is 5.32 Å². The van der Waals surface area contributed by atoms with E-state index in [0.717, 1.165) is 11.3 Å². The van der Waals surface area contributed by atoms with Crippen molar-refractivity contribution in [1.29, 1.82) is 0 Å². The smallest absolute Gasteiger partial charge is 0.332 e. The van der Waals surface area contributed by atoms with Crippen LogP contribution in [0.15, 0.2) is 53.9 Å². The summed E-state index contributed by atoms with van der Waals surface area (Å²) < 4.78 is 0. The lowest BCUT2D eigenvalue weighted by molar-refractivity contribution is -0.140. The lowest BCUT2D eigenvalue weighted by atomic mass is 10.1. The third kappa shape index (κ3) is 4.31. The number of nitrogens with zero attached hydrogens (tertiary/aromatic N) is 2. The Morgan fingerprint density at radius 2 is 2.14 bits per heavy atom. The molecule has 2 aromatic rings. The van der Waals surface area contributed by atoms with E-state index in [1.54, 1.807) is 18.5 Å². The van der Waals surface area contributed by atoms with Crippen LogP contribution in [0.5, 0.6) is 0 Å². The Labute approximate surface area is 122 Å². The number of nitrogens with one attached hydrogen (secondary N) is 1. The Morgan fingerprint density at radius 1 is 1.33 bits per heavy atom. The van der Waals surface area contributed by atoms with Crippen molar-refractivity contribution in [3.63, 3.8) is 0 Å². The number of rotatable bonds is 5. The maximum Gasteiger partial charge on any atom is 0.332 e. The minimum atomic E-state index is -0.515. The molecular weight excluding hydrogens is 268 g/mol. The molecule has 0 unspecified atom stereocenters. The van der Waals surface area contributed by atoms with Crippen molar-refractivity contribution in [3.05, 3.63) is 59.9 Å². The van der Waals surface area contributed by atoms with Gasteiger partial charge in [0.05, 0.1) is 0 Å². The van der Waals surface area contributed by atoms with Crippen molar-refractivity contribution < 1.29 is 9.63 Å². The zero-order valence-electron chi connectivity index (χ0n) is 11.6. The summed E-state index contributed by atoms with van der Waals surface area (Å²) in [5.74, 6) is -0.377. The average Bonchev–Trinajstić information content (AvgIpc) is 2.52. The molecular formula is C15H16N4O2. The van der Waals surface area contributed by atoms with Crippen LogP contribution in [-0.2, 0) is 16.2 Å². The van der Waals surface area contributed by atoms with Gasteiger partial charge in [0.25, 0.3) is 0 Å². The number of carbonyl (C=O) groups excluding carboxylic acids is 1. The molecule has 0 saturated carbocycles. The van der Waals surface area contributed by atoms with E-state index in [0.29, 0.717) is 12.1 Å². The first-order chi connectivity index (χ1) is 10.2. The molecule has 0 amide bonds. The van der Waals surface area contributed by atoms with E-state index < -0.39 is 5.97 Å². The third-order valence-electron chi connectivity index (χ3n) is 2.68. The first-order valence-electron chi connectivity index (χ1n) is 6.40. The highest BCUT2D eigenvalue weighted by atomic mass is 16.7. The molecule has 108 valence electrons. The molecule has 0 saturated heterocycles. The molecule has 0 aliphatic heterocycles. The molecule has 1 aromatic heterocycles. The molecule has 0 bridgehead atoms. The van der Waals surface area contributed by atoms with Gasteiger partial charge in [-0.15, -0.1) is 0 Å². The largest absolute Gasteiger partial charge is 0.380 e. The highest BCUT2D eigenvalue weighted by molar-refractivity contribution is 6.02. The fourth-order valence-electron chi connectivity index (χ4n) is 1.72. The molecule has 2 rings (SSSR count). The summed E-state index contributed by atoms with van der Waals surface area (Å²) in [6.07, 6.45) is 3.51. The van der Waals surface area contributed by atoms with E-state index in [4.69, 9.17) is 5.73 Å². The van der Waals surface area contributed by atoms with Gasteiger partial charge in [-0.25, -0.2) is 4.79 Å². The summed E-state index contributed by atoms with van der Waals surface area (Å²) in [6, 6.07) is 11.2. The van der Waals surface area contributed by atoms with Crippen molar-refractivity contribution in [2.24, 2.45) is 10.9 Å². The van der Waals surface area contributed by atoms with Crippen LogP contribution in [0.3, 0.4) is 0 Å². The van der Waals surface area contributed by atoms with Crippen LogP contribution < -0.4 is 11.1 Å². The van der Waals surface area contributed by atoms with Crippen LogP contribution in [-0.4, -0.2) is 16.8 Å². The van der Waals surface area contributed by atoms with E-state index >= 15 is 0 Å². The van der Waals surface area contributed by atoms with Gasteiger partial charge < -0.3 is 15.9 Å². The number of hydrogen-bond acceptors (Lipinski definition) is 5. The summed E-state index contributed by atoms with van der Waals surface area (Å²) in [6.45, 7) is 1.87. The van der Waals surface area contributed by atoms with Gasteiger partial charge in [0.1, 0.15) is 0 Å². The van der Waals surface area contributed by atoms with Crippen LogP contribution in [0.4, 0.5) is 5.69 Å². The number of benzene rings is 1. The van der Waals surface area contributed by atoms with Gasteiger partial charge in [-0.3, -0.25) is 4.98 Å². The van der Waals surface area contributed by atoms with E-state index in [9.17, 15) is 4.79 Å². The Kier molecular flexibility index (Phi) is 4.87. The maximum atomic E-state index is 10.8. The summed E-state index contributed by atoms with van der Waals surface area (Å²) >= 11 is 0. The van der Waals surface area contributed by atoms with Crippen molar-refractivity contribution >= 4 is 17.5 Å². The number of para-hydroxylation sites is 1. The lowest BCUT2D eigenvalue weighted by Gasteiger charge is -2.11. The molecule has 1 aromatic carbocycles. The second kappa shape index (κ2) is 7.04. The van der Waals surface area contributed by atoms with Gasteiger partial charge >= 0.3 is 5.97 Å². The minimum Gasteiger partial charge on any atom is -0.380 e. The Balaban J connectivity index is 2.13. The van der Waals surface area contributed by atoms with Gasteiger partial charge in [-0.1, -0.05) is 23.4 Å². The number of nitrogens with two attached hydrogens (primary N) is 1. The molecule has 0 aliphatic carbocycles. The first-order valence-corrected chi connectivity index (χ1v) is 6.40. The molecule has 21 heavy (non-hydrogen) atoms. The minimum absolute atomic E-state index is 0.138. The molecule has 6 nitrogen and oxygen atoms in total. The normalized spacial score (nSPS) is 11.0. The standard InChI is InChI=1S/C15H16N4O2/c1-11(20)21-19-15(16)13-6-2-3-7-14(13)18-10-12-5-4-8-17-9-12/h2-9,18H,10H2,1H3,(H2,16,19). The zero-order valence-corrected chi connectivity index (χ0v) is 11.6. The molecule has 1 heterocycles. The molecule has 6 heteroatoms. The number of hydrogen-bond donors (Lipinski definition) is 2. The summed E-state index contributed by atoms with van der Waals surface area (Å²) in [5, 5.41) is 6.86. The van der Waals surface area contributed by atoms with Gasteiger partial charge in [0.15, 0.2) is 5.84 Å². The number of oxime groups is 1. The second-order valence-electron chi connectivity index (χ2n) is 4.32. The van der Waals surface area contributed by atoms with Gasteiger partial charge in [-0.05, 0) is 23.8 Å². The average molecular weight is 284 g/mol. The topological polar surface area (TPSA) is 89.6 Å². The highest BCUT2D eigenvalue weighted by Gasteiger charge is 2.07. The van der Waals surface area contributed by atoms with Crippen LogP contribution in [0.2, 0.25) is 0 Å². The SMILES string of the molecule is CC(=O)ON=C(N)c1ccccc1NCc1cccnc1. The van der Waals surface area contributed by atoms with E-state index in [2.05, 4.69) is 20.3 Å². The quantitative estimate of drug-likeness (QED) is 0.379. The van der Waals surface area contributed by atoms with E-state index in [-0.39, 0.29) is 5.84 Å². The van der Waals surface area contributed by atoms with Crippen LogP contribution in [0, 0.1) is 0 Å². The summed E-state index contributed by atoms with van der Waals surface area (Å²) in [5.41, 5.74) is 8.35. The van der Waals surface area contributed by atoms with Crippen molar-refractivity contribution in [3.8, 4) is 0 Å². The van der Waals surface area contributed by atoms with Gasteiger partial charge in [0, 0.05) is 37.1 Å². The van der Waals surface area contributed by atoms with E-state index in [1.165, 1.54) is 6.92 Å². The maximum absolute atomic E-state index is 10.8. The zero-order chi connectivity index (χ0) is 15.1. The van der Waals surface area contributed by atoms with Gasteiger partial charge in [0.2, 0.25) is 0 Å². The number of pyridine rings is 1. The van der Waals surface area contributed by atoms with Crippen molar-refractivity contribution in [2.45, 2.75) is 13.5 Å². The number of anilines is 1. The Hall–Kier alpha value is -2.89. The third-order valence-corrected chi connectivity index (χ3v) is 2.68. The predicted molar refractivity (Wildman–Crippen MR) is 80.5 cm³/mol. The van der Waals surface area contributed by atoms with Crippen LogP contribution in [0.25, 0.3) is 0 Å². The fourth-order valence-corrected chi connectivity index (χ4v) is 1.72. The fraction of sp³-hybridized carbons (Fsp3) is 0.133. The highest BCUT2D eigenvalue weighted by Crippen LogP contribution is 2.16. The molecule has 0 spiro atoms. The van der Waals surface area contributed by atoms with Crippen LogP contribution in [0.1, 0.15) is 18.1 Å². The summed E-state index contributed by atoms with van der Waals surface area (Å²) in [4.78, 5) is 19.4. The molecule has 3 N–H and O–H groups in total. The Bertz CT molecular complexity index is 641. The lowest BCUT2D eigenvalue weighted by Crippen LogP contribution is -2.17. The van der Waals surface area contributed by atoms with E-state index in [1.807, 2.05) is 30.3 Å².